The van der Waals surface area contributed by atoms with Crippen molar-refractivity contribution in [3.63, 3.8) is 0 Å². The van der Waals surface area contributed by atoms with Crippen molar-refractivity contribution >= 4 is 12.4 Å². The number of benzene rings is 1. The van der Waals surface area contributed by atoms with Gasteiger partial charge in [0, 0.05) is 24.8 Å². The third-order valence-corrected chi connectivity index (χ3v) is 3.57. The molecular weight excluding hydrogens is 323 g/mol. The lowest BCUT2D eigenvalue weighted by atomic mass is 9.87. The van der Waals surface area contributed by atoms with Gasteiger partial charge in [-0.1, -0.05) is 0 Å². The summed E-state index contributed by atoms with van der Waals surface area (Å²) in [7, 11) is 1.46. The Morgan fingerprint density at radius 2 is 1.91 bits per heavy atom. The van der Waals surface area contributed by atoms with E-state index < -0.39 is 12.4 Å². The minimum Gasteiger partial charge on any atom is -0.496 e. The highest BCUT2D eigenvalue weighted by atomic mass is 35.5. The van der Waals surface area contributed by atoms with Crippen molar-refractivity contribution in [3.05, 3.63) is 23.8 Å². The fourth-order valence-corrected chi connectivity index (χ4v) is 2.50. The fourth-order valence-electron chi connectivity index (χ4n) is 2.50. The number of ether oxygens (including phenoxy) is 3. The summed E-state index contributed by atoms with van der Waals surface area (Å²) in [6, 6.07) is 3.54. The number of alkyl halides is 3. The van der Waals surface area contributed by atoms with Crippen LogP contribution in [0.1, 0.15) is 24.4 Å². The molecule has 1 heterocycles. The molecule has 2 N–H and O–H groups in total. The summed E-state index contributed by atoms with van der Waals surface area (Å²) < 4.78 is 51.3. The van der Waals surface area contributed by atoms with Crippen molar-refractivity contribution in [2.45, 2.75) is 25.2 Å². The molecule has 126 valence electrons. The molecule has 0 unspecified atom stereocenters. The Kier molecular flexibility index (Phi) is 6.77. The van der Waals surface area contributed by atoms with Gasteiger partial charge in [0.05, 0.1) is 7.11 Å². The average molecular weight is 342 g/mol. The summed E-state index contributed by atoms with van der Waals surface area (Å²) in [4.78, 5) is 0. The molecule has 0 aromatic heterocycles. The first-order valence-corrected chi connectivity index (χ1v) is 6.67. The molecule has 1 fully saturated rings. The lowest BCUT2D eigenvalue weighted by molar-refractivity contribution is -0.274. The van der Waals surface area contributed by atoms with Crippen molar-refractivity contribution in [3.8, 4) is 11.5 Å². The quantitative estimate of drug-likeness (QED) is 0.911. The van der Waals surface area contributed by atoms with E-state index in [0.717, 1.165) is 12.8 Å². The molecule has 1 aliphatic rings. The number of hydrogen-bond donors (Lipinski definition) is 1. The second kappa shape index (κ2) is 7.89. The number of rotatable bonds is 4. The van der Waals surface area contributed by atoms with Gasteiger partial charge in [0.2, 0.25) is 0 Å². The minimum atomic E-state index is -4.73. The number of nitrogens with two attached hydrogens (primary N) is 1. The molecule has 22 heavy (non-hydrogen) atoms. The Hall–Kier alpha value is -1.18. The Labute approximate surface area is 133 Å². The molecule has 1 aromatic carbocycles. The Bertz CT molecular complexity index is 479. The summed E-state index contributed by atoms with van der Waals surface area (Å²) in [6.45, 7) is 1.22. The molecule has 1 aromatic rings. The van der Waals surface area contributed by atoms with Gasteiger partial charge in [0.25, 0.3) is 0 Å². The SMILES string of the molecule is COc1ccc(OC(F)(F)F)cc1[C@@H](N)C1CCOCC1.Cl. The molecule has 0 bridgehead atoms. The summed E-state index contributed by atoms with van der Waals surface area (Å²) in [6.07, 6.45) is -3.18. The lowest BCUT2D eigenvalue weighted by Gasteiger charge is -2.29. The van der Waals surface area contributed by atoms with E-state index in [2.05, 4.69) is 4.74 Å². The monoisotopic (exact) mass is 341 g/mol. The van der Waals surface area contributed by atoms with Gasteiger partial charge in [-0.25, -0.2) is 0 Å². The predicted octanol–water partition coefficient (Wildman–Crippen LogP) is 3.44. The zero-order chi connectivity index (χ0) is 15.5. The van der Waals surface area contributed by atoms with Crippen LogP contribution in [0.4, 0.5) is 13.2 Å². The van der Waals surface area contributed by atoms with Crippen molar-refractivity contribution in [2.24, 2.45) is 11.7 Å². The maximum absolute atomic E-state index is 12.3. The average Bonchev–Trinajstić information content (AvgIpc) is 2.45. The smallest absolute Gasteiger partial charge is 0.496 e. The summed E-state index contributed by atoms with van der Waals surface area (Å²) in [5.74, 6) is 0.318. The van der Waals surface area contributed by atoms with E-state index in [1.54, 1.807) is 0 Å². The zero-order valence-electron chi connectivity index (χ0n) is 12.1. The Balaban J connectivity index is 0.00000242. The molecule has 0 spiro atoms. The van der Waals surface area contributed by atoms with Gasteiger partial charge >= 0.3 is 6.36 Å². The van der Waals surface area contributed by atoms with Crippen LogP contribution in [0.15, 0.2) is 18.2 Å². The van der Waals surface area contributed by atoms with Crippen molar-refractivity contribution in [1.29, 1.82) is 0 Å². The molecule has 4 nitrogen and oxygen atoms in total. The van der Waals surface area contributed by atoms with Crippen molar-refractivity contribution in [2.75, 3.05) is 20.3 Å². The van der Waals surface area contributed by atoms with Crippen LogP contribution in [0.3, 0.4) is 0 Å². The van der Waals surface area contributed by atoms with Crippen LogP contribution in [-0.2, 0) is 4.74 Å². The molecular formula is C14H19ClF3NO3. The number of methoxy groups -OCH3 is 1. The highest BCUT2D eigenvalue weighted by Gasteiger charge is 2.32. The molecule has 0 saturated carbocycles. The van der Waals surface area contributed by atoms with E-state index in [0.29, 0.717) is 24.5 Å². The van der Waals surface area contributed by atoms with Crippen LogP contribution in [0.25, 0.3) is 0 Å². The molecule has 0 aliphatic carbocycles. The number of halogens is 4. The third-order valence-electron chi connectivity index (χ3n) is 3.57. The lowest BCUT2D eigenvalue weighted by Crippen LogP contribution is -2.28. The molecule has 0 radical (unpaired) electrons. The second-order valence-corrected chi connectivity index (χ2v) is 4.93. The summed E-state index contributed by atoms with van der Waals surface area (Å²) in [5, 5.41) is 0. The standard InChI is InChI=1S/C14H18F3NO3.ClH/c1-19-12-3-2-10(21-14(15,16)17)8-11(12)13(18)9-4-6-20-7-5-9;/h2-3,8-9,13H,4-7,18H2,1H3;1H/t13-;/m0./s1. The van der Waals surface area contributed by atoms with Gasteiger partial charge in [-0.2, -0.15) is 0 Å². The minimum absolute atomic E-state index is 0. The summed E-state index contributed by atoms with van der Waals surface area (Å²) >= 11 is 0. The van der Waals surface area contributed by atoms with Gasteiger partial charge < -0.3 is 19.9 Å². The topological polar surface area (TPSA) is 53.7 Å². The van der Waals surface area contributed by atoms with Crippen molar-refractivity contribution < 1.29 is 27.4 Å². The van der Waals surface area contributed by atoms with Gasteiger partial charge in [0.1, 0.15) is 11.5 Å². The Morgan fingerprint density at radius 3 is 2.45 bits per heavy atom. The zero-order valence-corrected chi connectivity index (χ0v) is 12.9. The fraction of sp³-hybridized carbons (Fsp3) is 0.571. The van der Waals surface area contributed by atoms with Gasteiger partial charge in [-0.15, -0.1) is 25.6 Å². The first-order valence-electron chi connectivity index (χ1n) is 6.67. The molecule has 1 saturated heterocycles. The van der Waals surface area contributed by atoms with Crippen LogP contribution >= 0.6 is 12.4 Å². The van der Waals surface area contributed by atoms with E-state index >= 15 is 0 Å². The first kappa shape index (κ1) is 18.9. The van der Waals surface area contributed by atoms with Crippen LogP contribution in [0.2, 0.25) is 0 Å². The van der Waals surface area contributed by atoms with Gasteiger partial charge in [0.15, 0.2) is 0 Å². The second-order valence-electron chi connectivity index (χ2n) is 4.93. The van der Waals surface area contributed by atoms with Crippen LogP contribution in [0.5, 0.6) is 11.5 Å². The molecule has 2 rings (SSSR count). The van der Waals surface area contributed by atoms with Crippen LogP contribution in [0, 0.1) is 5.92 Å². The number of hydrogen-bond acceptors (Lipinski definition) is 4. The van der Waals surface area contributed by atoms with E-state index in [1.165, 1.54) is 25.3 Å². The van der Waals surface area contributed by atoms with Gasteiger partial charge in [-0.3, -0.25) is 0 Å². The molecule has 1 atom stereocenters. The van der Waals surface area contributed by atoms with Gasteiger partial charge in [-0.05, 0) is 37.0 Å². The van der Waals surface area contributed by atoms with E-state index in [9.17, 15) is 13.2 Å². The van der Waals surface area contributed by atoms with Crippen molar-refractivity contribution in [1.82, 2.24) is 0 Å². The maximum Gasteiger partial charge on any atom is 0.573 e. The normalized spacial score (nSPS) is 17.5. The maximum atomic E-state index is 12.3. The molecule has 0 amide bonds. The van der Waals surface area contributed by atoms with E-state index in [4.69, 9.17) is 15.2 Å². The molecule has 1 aliphatic heterocycles. The van der Waals surface area contributed by atoms with E-state index in [-0.39, 0.29) is 24.1 Å². The largest absolute Gasteiger partial charge is 0.573 e. The predicted molar refractivity (Wildman–Crippen MR) is 77.4 cm³/mol. The highest BCUT2D eigenvalue weighted by molar-refractivity contribution is 5.85. The van der Waals surface area contributed by atoms with Crippen LogP contribution < -0.4 is 15.2 Å². The first-order chi connectivity index (χ1) is 9.90. The highest BCUT2D eigenvalue weighted by Crippen LogP contribution is 2.36. The molecule has 8 heteroatoms. The third kappa shape index (κ3) is 4.93. The summed E-state index contributed by atoms with van der Waals surface area (Å²) in [5.41, 5.74) is 6.73. The van der Waals surface area contributed by atoms with E-state index in [1.807, 2.05) is 0 Å². The Morgan fingerprint density at radius 1 is 1.27 bits per heavy atom. The van der Waals surface area contributed by atoms with Crippen LogP contribution in [-0.4, -0.2) is 26.7 Å².